The highest BCUT2D eigenvalue weighted by molar-refractivity contribution is 5.73. The van der Waals surface area contributed by atoms with Crippen LogP contribution in [0.3, 0.4) is 0 Å². The van der Waals surface area contributed by atoms with Crippen molar-refractivity contribution in [2.45, 2.75) is 26.5 Å². The van der Waals surface area contributed by atoms with E-state index in [1.165, 1.54) is 0 Å². The Bertz CT molecular complexity index is 563. The maximum absolute atomic E-state index is 11.7. The van der Waals surface area contributed by atoms with Crippen molar-refractivity contribution in [3.8, 4) is 0 Å². The summed E-state index contributed by atoms with van der Waals surface area (Å²) < 4.78 is 6.99. The molecule has 0 fully saturated rings. The summed E-state index contributed by atoms with van der Waals surface area (Å²) in [6.45, 7) is 3.06. The first kappa shape index (κ1) is 13.1. The molecule has 1 heterocycles. The molecule has 0 spiro atoms. The van der Waals surface area contributed by atoms with Crippen molar-refractivity contribution < 1.29 is 9.53 Å². The van der Waals surface area contributed by atoms with Gasteiger partial charge in [0.05, 0.1) is 12.6 Å². The summed E-state index contributed by atoms with van der Waals surface area (Å²) in [4.78, 5) is 11.7. The highest BCUT2D eigenvalue weighted by atomic mass is 16.5. The van der Waals surface area contributed by atoms with Crippen LogP contribution in [0.2, 0.25) is 0 Å². The summed E-state index contributed by atoms with van der Waals surface area (Å²) in [6.07, 6.45) is 3.80. The molecule has 0 unspecified atom stereocenters. The van der Waals surface area contributed by atoms with Crippen LogP contribution in [-0.4, -0.2) is 15.7 Å². The summed E-state index contributed by atoms with van der Waals surface area (Å²) >= 11 is 0. The maximum atomic E-state index is 11.7. The Morgan fingerprint density at radius 2 is 2.26 bits per heavy atom. The Morgan fingerprint density at radius 1 is 1.42 bits per heavy atom. The van der Waals surface area contributed by atoms with Gasteiger partial charge < -0.3 is 10.5 Å². The molecule has 19 heavy (non-hydrogen) atoms. The van der Waals surface area contributed by atoms with Crippen molar-refractivity contribution in [2.75, 3.05) is 5.73 Å². The molecule has 2 N–H and O–H groups in total. The number of nitrogens with zero attached hydrogens (tertiary/aromatic N) is 2. The normalized spacial score (nSPS) is 10.4. The number of anilines is 1. The van der Waals surface area contributed by atoms with E-state index >= 15 is 0 Å². The fraction of sp³-hybridized carbons (Fsp3) is 0.286. The van der Waals surface area contributed by atoms with Crippen LogP contribution in [0.15, 0.2) is 36.7 Å². The van der Waals surface area contributed by atoms with E-state index in [1.807, 2.05) is 25.3 Å². The van der Waals surface area contributed by atoms with E-state index in [1.54, 1.807) is 23.0 Å². The van der Waals surface area contributed by atoms with Gasteiger partial charge in [-0.1, -0.05) is 12.1 Å². The zero-order chi connectivity index (χ0) is 13.7. The van der Waals surface area contributed by atoms with Crippen molar-refractivity contribution in [1.29, 1.82) is 0 Å². The van der Waals surface area contributed by atoms with E-state index in [4.69, 9.17) is 10.5 Å². The number of nitrogen functional groups attached to an aromatic ring is 1. The molecule has 0 saturated heterocycles. The molecule has 5 nitrogen and oxygen atoms in total. The number of nitrogens with two attached hydrogens (primary N) is 1. The van der Waals surface area contributed by atoms with Gasteiger partial charge in [-0.05, 0) is 24.6 Å². The number of benzene rings is 1. The first-order valence-electron chi connectivity index (χ1n) is 6.18. The standard InChI is InChI=1S/C14H17N3O2/c1-2-17-9-12(8-16-17)10-19-14(18)7-11-4-3-5-13(15)6-11/h3-6,8-9H,2,7,10,15H2,1H3. The lowest BCUT2D eigenvalue weighted by atomic mass is 10.1. The smallest absolute Gasteiger partial charge is 0.310 e. The molecule has 0 aliphatic rings. The topological polar surface area (TPSA) is 70.1 Å². The fourth-order valence-electron chi connectivity index (χ4n) is 1.74. The van der Waals surface area contributed by atoms with E-state index < -0.39 is 0 Å². The molecule has 0 atom stereocenters. The zero-order valence-corrected chi connectivity index (χ0v) is 10.9. The number of hydrogen-bond acceptors (Lipinski definition) is 4. The van der Waals surface area contributed by atoms with E-state index in [2.05, 4.69) is 5.10 Å². The Labute approximate surface area is 112 Å². The van der Waals surface area contributed by atoms with Crippen molar-refractivity contribution >= 4 is 11.7 Å². The summed E-state index contributed by atoms with van der Waals surface area (Å²) in [7, 11) is 0. The predicted molar refractivity (Wildman–Crippen MR) is 72.3 cm³/mol. The minimum absolute atomic E-state index is 0.229. The Balaban J connectivity index is 1.84. The van der Waals surface area contributed by atoms with Gasteiger partial charge in [0.1, 0.15) is 6.61 Å². The number of hydrogen-bond donors (Lipinski definition) is 1. The molecular formula is C14H17N3O2. The number of ether oxygens (including phenoxy) is 1. The molecule has 2 rings (SSSR count). The molecule has 100 valence electrons. The van der Waals surface area contributed by atoms with Crippen LogP contribution < -0.4 is 5.73 Å². The highest BCUT2D eigenvalue weighted by Gasteiger charge is 2.06. The molecule has 1 aromatic heterocycles. The summed E-state index contributed by atoms with van der Waals surface area (Å²) in [6, 6.07) is 7.24. The molecule has 0 radical (unpaired) electrons. The predicted octanol–water partition coefficient (Wildman–Crippen LogP) is 1.77. The largest absolute Gasteiger partial charge is 0.460 e. The third kappa shape index (κ3) is 3.84. The quantitative estimate of drug-likeness (QED) is 0.656. The van der Waals surface area contributed by atoms with Gasteiger partial charge in [0.2, 0.25) is 0 Å². The van der Waals surface area contributed by atoms with E-state index in [0.29, 0.717) is 5.69 Å². The zero-order valence-electron chi connectivity index (χ0n) is 10.9. The Hall–Kier alpha value is -2.30. The second kappa shape index (κ2) is 6.04. The maximum Gasteiger partial charge on any atom is 0.310 e. The molecule has 0 amide bonds. The molecular weight excluding hydrogens is 242 g/mol. The first-order valence-corrected chi connectivity index (χ1v) is 6.18. The lowest BCUT2D eigenvalue weighted by Crippen LogP contribution is -2.08. The van der Waals surface area contributed by atoms with Crippen molar-refractivity contribution in [3.63, 3.8) is 0 Å². The van der Waals surface area contributed by atoms with Crippen LogP contribution in [0.25, 0.3) is 0 Å². The number of aryl methyl sites for hydroxylation is 1. The van der Waals surface area contributed by atoms with Gasteiger partial charge in [0, 0.05) is 24.0 Å². The van der Waals surface area contributed by atoms with Gasteiger partial charge in [-0.25, -0.2) is 0 Å². The van der Waals surface area contributed by atoms with Crippen molar-refractivity contribution in [3.05, 3.63) is 47.8 Å². The number of carbonyl (C=O) groups excluding carboxylic acids is 1. The van der Waals surface area contributed by atoms with Gasteiger partial charge in [0.25, 0.3) is 0 Å². The first-order chi connectivity index (χ1) is 9.17. The summed E-state index contributed by atoms with van der Waals surface area (Å²) in [5.41, 5.74) is 8.05. The van der Waals surface area contributed by atoms with Gasteiger partial charge in [-0.15, -0.1) is 0 Å². The summed E-state index contributed by atoms with van der Waals surface area (Å²) in [5, 5.41) is 4.12. The number of carbonyl (C=O) groups is 1. The van der Waals surface area contributed by atoms with Crippen LogP contribution in [0, 0.1) is 0 Å². The fourth-order valence-corrected chi connectivity index (χ4v) is 1.74. The van der Waals surface area contributed by atoms with Crippen LogP contribution in [0.4, 0.5) is 5.69 Å². The van der Waals surface area contributed by atoms with E-state index in [9.17, 15) is 4.79 Å². The van der Waals surface area contributed by atoms with Crippen molar-refractivity contribution in [2.24, 2.45) is 0 Å². The monoisotopic (exact) mass is 259 g/mol. The lowest BCUT2D eigenvalue weighted by molar-refractivity contribution is -0.144. The minimum atomic E-state index is -0.269. The van der Waals surface area contributed by atoms with Crippen LogP contribution >= 0.6 is 0 Å². The summed E-state index contributed by atoms with van der Waals surface area (Å²) in [5.74, 6) is -0.269. The van der Waals surface area contributed by atoms with Gasteiger partial charge >= 0.3 is 5.97 Å². The van der Waals surface area contributed by atoms with E-state index in [-0.39, 0.29) is 19.0 Å². The molecule has 1 aromatic carbocycles. The molecule has 0 aliphatic carbocycles. The Morgan fingerprint density at radius 3 is 2.95 bits per heavy atom. The molecule has 2 aromatic rings. The average Bonchev–Trinajstić information content (AvgIpc) is 2.84. The van der Waals surface area contributed by atoms with Crippen LogP contribution in [0.5, 0.6) is 0 Å². The number of aromatic nitrogens is 2. The highest BCUT2D eigenvalue weighted by Crippen LogP contribution is 2.08. The second-order valence-corrected chi connectivity index (χ2v) is 4.29. The van der Waals surface area contributed by atoms with E-state index in [0.717, 1.165) is 17.7 Å². The third-order valence-electron chi connectivity index (χ3n) is 2.71. The molecule has 5 heteroatoms. The number of rotatable bonds is 5. The SMILES string of the molecule is CCn1cc(COC(=O)Cc2cccc(N)c2)cn1. The second-order valence-electron chi connectivity index (χ2n) is 4.29. The van der Waals surface area contributed by atoms with Crippen LogP contribution in [-0.2, 0) is 29.1 Å². The molecule has 0 bridgehead atoms. The number of esters is 1. The molecule has 0 aliphatic heterocycles. The van der Waals surface area contributed by atoms with Gasteiger partial charge in [-0.3, -0.25) is 9.48 Å². The van der Waals surface area contributed by atoms with Crippen LogP contribution in [0.1, 0.15) is 18.1 Å². The minimum Gasteiger partial charge on any atom is -0.460 e. The molecule has 0 saturated carbocycles. The van der Waals surface area contributed by atoms with Gasteiger partial charge in [-0.2, -0.15) is 5.10 Å². The lowest BCUT2D eigenvalue weighted by Gasteiger charge is -2.04. The Kier molecular flexibility index (Phi) is 4.18. The third-order valence-corrected chi connectivity index (χ3v) is 2.71. The van der Waals surface area contributed by atoms with Gasteiger partial charge in [0.15, 0.2) is 0 Å². The van der Waals surface area contributed by atoms with Crippen molar-refractivity contribution in [1.82, 2.24) is 9.78 Å². The average molecular weight is 259 g/mol.